The third-order valence-corrected chi connectivity index (χ3v) is 3.73. The number of pyridine rings is 1. The lowest BCUT2D eigenvalue weighted by atomic mass is 10.1. The van der Waals surface area contributed by atoms with E-state index >= 15 is 0 Å². The molecule has 1 heterocycles. The first-order valence-corrected chi connectivity index (χ1v) is 6.98. The molecule has 1 aromatic heterocycles. The fraction of sp³-hybridized carbons (Fsp3) is 0.571. The predicted molar refractivity (Wildman–Crippen MR) is 72.1 cm³/mol. The van der Waals surface area contributed by atoms with Gasteiger partial charge in [0.05, 0.1) is 11.7 Å². The highest BCUT2D eigenvalue weighted by Crippen LogP contribution is 2.28. The summed E-state index contributed by atoms with van der Waals surface area (Å²) in [7, 11) is 0. The molecule has 2 atom stereocenters. The SMILES string of the molecule is O=C(Cn1cc(C(F)(F)F)ccc1=O)NC[C@@H]1CC[C@@H](O)C1. The van der Waals surface area contributed by atoms with Crippen molar-refractivity contribution in [2.75, 3.05) is 6.54 Å². The average Bonchev–Trinajstić information content (AvgIpc) is 2.83. The van der Waals surface area contributed by atoms with Gasteiger partial charge in [-0.25, -0.2) is 0 Å². The van der Waals surface area contributed by atoms with Crippen molar-refractivity contribution in [1.82, 2.24) is 9.88 Å². The minimum Gasteiger partial charge on any atom is -0.393 e. The molecule has 5 nitrogen and oxygen atoms in total. The minimum absolute atomic E-state index is 0.164. The Morgan fingerprint density at radius 1 is 1.36 bits per heavy atom. The van der Waals surface area contributed by atoms with Gasteiger partial charge >= 0.3 is 6.18 Å². The van der Waals surface area contributed by atoms with E-state index in [1.807, 2.05) is 0 Å². The van der Waals surface area contributed by atoms with Crippen LogP contribution in [0.2, 0.25) is 0 Å². The number of hydrogen-bond donors (Lipinski definition) is 2. The molecule has 2 rings (SSSR count). The Morgan fingerprint density at radius 2 is 2.09 bits per heavy atom. The summed E-state index contributed by atoms with van der Waals surface area (Å²) >= 11 is 0. The molecule has 1 saturated carbocycles. The second kappa shape index (κ2) is 6.51. The summed E-state index contributed by atoms with van der Waals surface area (Å²) in [5.74, 6) is -0.361. The lowest BCUT2D eigenvalue weighted by Crippen LogP contribution is -2.34. The molecule has 0 aromatic carbocycles. The standard InChI is InChI=1S/C14H17F3N2O3/c15-14(16,17)10-2-4-13(22)19(7-10)8-12(21)18-6-9-1-3-11(20)5-9/h2,4,7,9,11,20H,1,3,5-6,8H2,(H,18,21)/t9-,11-/m1/s1. The normalized spacial score (nSPS) is 21.8. The zero-order valence-corrected chi connectivity index (χ0v) is 11.8. The highest BCUT2D eigenvalue weighted by molar-refractivity contribution is 5.75. The Labute approximate surface area is 124 Å². The van der Waals surface area contributed by atoms with Gasteiger partial charge in [0, 0.05) is 18.8 Å². The van der Waals surface area contributed by atoms with Crippen molar-refractivity contribution in [3.63, 3.8) is 0 Å². The van der Waals surface area contributed by atoms with Crippen molar-refractivity contribution < 1.29 is 23.1 Å². The average molecular weight is 318 g/mol. The summed E-state index contributed by atoms with van der Waals surface area (Å²) in [6, 6.07) is 1.49. The third-order valence-electron chi connectivity index (χ3n) is 3.73. The quantitative estimate of drug-likeness (QED) is 0.875. The number of halogens is 3. The monoisotopic (exact) mass is 318 g/mol. The second-order valence-electron chi connectivity index (χ2n) is 5.52. The van der Waals surface area contributed by atoms with Crippen molar-refractivity contribution >= 4 is 5.91 Å². The molecule has 1 fully saturated rings. The Bertz CT molecular complexity index is 598. The first-order valence-electron chi connectivity index (χ1n) is 6.98. The van der Waals surface area contributed by atoms with Crippen LogP contribution >= 0.6 is 0 Å². The Hall–Kier alpha value is -1.83. The van der Waals surface area contributed by atoms with Crippen molar-refractivity contribution in [3.05, 3.63) is 34.2 Å². The van der Waals surface area contributed by atoms with Gasteiger partial charge in [-0.05, 0) is 31.2 Å². The number of carbonyl (C=O) groups is 1. The van der Waals surface area contributed by atoms with Crippen LogP contribution in [0.15, 0.2) is 23.1 Å². The molecule has 2 N–H and O–H groups in total. The molecule has 1 aliphatic rings. The van der Waals surface area contributed by atoms with Crippen LogP contribution in [-0.4, -0.2) is 28.2 Å². The molecule has 122 valence electrons. The number of nitrogens with one attached hydrogen (secondary N) is 1. The smallest absolute Gasteiger partial charge is 0.393 e. The molecular formula is C14H17F3N2O3. The maximum atomic E-state index is 12.6. The number of aromatic nitrogens is 1. The van der Waals surface area contributed by atoms with E-state index in [2.05, 4.69) is 5.32 Å². The van der Waals surface area contributed by atoms with Crippen molar-refractivity contribution in [3.8, 4) is 0 Å². The number of alkyl halides is 3. The molecule has 1 amide bonds. The molecule has 1 aliphatic carbocycles. The van der Waals surface area contributed by atoms with Crippen LogP contribution in [-0.2, 0) is 17.5 Å². The third kappa shape index (κ3) is 4.33. The van der Waals surface area contributed by atoms with Crippen LogP contribution in [0, 0.1) is 5.92 Å². The topological polar surface area (TPSA) is 71.3 Å². The number of amides is 1. The predicted octanol–water partition coefficient (Wildman–Crippen LogP) is 1.14. The summed E-state index contributed by atoms with van der Waals surface area (Å²) in [6.07, 6.45) is -2.19. The summed E-state index contributed by atoms with van der Waals surface area (Å²) in [5.41, 5.74) is -1.64. The Balaban J connectivity index is 1.95. The lowest BCUT2D eigenvalue weighted by Gasteiger charge is -2.13. The van der Waals surface area contributed by atoms with Gasteiger partial charge in [0.25, 0.3) is 5.56 Å². The van der Waals surface area contributed by atoms with Crippen LogP contribution in [0.3, 0.4) is 0 Å². The number of rotatable bonds is 4. The van der Waals surface area contributed by atoms with Crippen LogP contribution < -0.4 is 10.9 Å². The molecule has 22 heavy (non-hydrogen) atoms. The van der Waals surface area contributed by atoms with E-state index in [-0.39, 0.29) is 12.0 Å². The second-order valence-corrected chi connectivity index (χ2v) is 5.52. The van der Waals surface area contributed by atoms with Gasteiger partial charge in [-0.15, -0.1) is 0 Å². The van der Waals surface area contributed by atoms with E-state index < -0.39 is 29.8 Å². The van der Waals surface area contributed by atoms with E-state index in [0.29, 0.717) is 31.6 Å². The van der Waals surface area contributed by atoms with Crippen molar-refractivity contribution in [2.45, 2.75) is 38.1 Å². The van der Waals surface area contributed by atoms with E-state index in [0.717, 1.165) is 17.1 Å². The number of aliphatic hydroxyl groups is 1. The summed E-state index contributed by atoms with van der Waals surface area (Å²) in [6.45, 7) is -0.109. The molecule has 0 bridgehead atoms. The number of carbonyl (C=O) groups excluding carboxylic acids is 1. The van der Waals surface area contributed by atoms with Gasteiger partial charge in [-0.3, -0.25) is 9.59 Å². The number of hydrogen-bond acceptors (Lipinski definition) is 3. The molecule has 0 unspecified atom stereocenters. The van der Waals surface area contributed by atoms with Crippen LogP contribution in [0.5, 0.6) is 0 Å². The fourth-order valence-electron chi connectivity index (χ4n) is 2.53. The first kappa shape index (κ1) is 16.5. The van der Waals surface area contributed by atoms with Gasteiger partial charge in [0.1, 0.15) is 6.54 Å². The number of aliphatic hydroxyl groups excluding tert-OH is 1. The van der Waals surface area contributed by atoms with Gasteiger partial charge in [-0.2, -0.15) is 13.2 Å². The molecule has 0 radical (unpaired) electrons. The molecule has 1 aromatic rings. The Kier molecular flexibility index (Phi) is 4.90. The largest absolute Gasteiger partial charge is 0.417 e. The maximum absolute atomic E-state index is 12.6. The fourth-order valence-corrected chi connectivity index (χ4v) is 2.53. The van der Waals surface area contributed by atoms with Crippen LogP contribution in [0.1, 0.15) is 24.8 Å². The highest BCUT2D eigenvalue weighted by Gasteiger charge is 2.31. The van der Waals surface area contributed by atoms with Gasteiger partial charge in [0.2, 0.25) is 5.91 Å². The highest BCUT2D eigenvalue weighted by atomic mass is 19.4. The van der Waals surface area contributed by atoms with E-state index in [1.54, 1.807) is 0 Å². The van der Waals surface area contributed by atoms with Crippen molar-refractivity contribution in [2.24, 2.45) is 5.92 Å². The molecule has 8 heteroatoms. The van der Waals surface area contributed by atoms with Gasteiger partial charge in [0.15, 0.2) is 0 Å². The van der Waals surface area contributed by atoms with Crippen LogP contribution in [0.4, 0.5) is 13.2 Å². The zero-order valence-electron chi connectivity index (χ0n) is 11.8. The van der Waals surface area contributed by atoms with Crippen molar-refractivity contribution in [1.29, 1.82) is 0 Å². The summed E-state index contributed by atoms with van der Waals surface area (Å²) < 4.78 is 38.5. The maximum Gasteiger partial charge on any atom is 0.417 e. The van der Waals surface area contributed by atoms with Crippen LogP contribution in [0.25, 0.3) is 0 Å². The number of nitrogens with zero attached hydrogens (tertiary/aromatic N) is 1. The van der Waals surface area contributed by atoms with E-state index in [4.69, 9.17) is 0 Å². The Morgan fingerprint density at radius 3 is 2.68 bits per heavy atom. The lowest BCUT2D eigenvalue weighted by molar-refractivity contribution is -0.138. The molecule has 0 aliphatic heterocycles. The summed E-state index contributed by atoms with van der Waals surface area (Å²) in [4.78, 5) is 23.3. The minimum atomic E-state index is -4.56. The molecule has 0 saturated heterocycles. The molecular weight excluding hydrogens is 301 g/mol. The first-order chi connectivity index (χ1) is 10.3. The van der Waals surface area contributed by atoms with Gasteiger partial charge in [-0.1, -0.05) is 0 Å². The molecule has 0 spiro atoms. The van der Waals surface area contributed by atoms with E-state index in [9.17, 15) is 27.9 Å². The van der Waals surface area contributed by atoms with Gasteiger partial charge < -0.3 is 15.0 Å². The zero-order chi connectivity index (χ0) is 16.3. The summed E-state index contributed by atoms with van der Waals surface area (Å²) in [5, 5.41) is 12.0. The van der Waals surface area contributed by atoms with E-state index in [1.165, 1.54) is 0 Å².